The van der Waals surface area contributed by atoms with E-state index in [4.69, 9.17) is 0 Å². The molecule has 1 aliphatic rings. The number of hydrogen-bond acceptors (Lipinski definition) is 4. The number of hydrogen-bond donors (Lipinski definition) is 1. The third kappa shape index (κ3) is 2.81. The highest BCUT2D eigenvalue weighted by Gasteiger charge is 2.28. The van der Waals surface area contributed by atoms with Gasteiger partial charge in [0.2, 0.25) is 10.0 Å². The van der Waals surface area contributed by atoms with Crippen LogP contribution in [0.3, 0.4) is 0 Å². The summed E-state index contributed by atoms with van der Waals surface area (Å²) < 4.78 is 26.4. The smallest absolute Gasteiger partial charge is 0.243 e. The second-order valence-electron chi connectivity index (χ2n) is 4.32. The summed E-state index contributed by atoms with van der Waals surface area (Å²) in [6.45, 7) is 3.27. The molecule has 1 fully saturated rings. The summed E-state index contributed by atoms with van der Waals surface area (Å²) in [5, 5.41) is 3.35. The average Bonchev–Trinajstić information content (AvgIpc) is 2.39. The van der Waals surface area contributed by atoms with Crippen molar-refractivity contribution in [1.82, 2.24) is 4.31 Å². The van der Waals surface area contributed by atoms with E-state index in [2.05, 4.69) is 12.2 Å². The third-order valence-electron chi connectivity index (χ3n) is 2.98. The number of benzene rings is 1. The molecule has 4 nitrogen and oxygen atoms in total. The summed E-state index contributed by atoms with van der Waals surface area (Å²) in [6.07, 6.45) is 0. The Kier molecular flexibility index (Phi) is 4.19. The molecule has 0 radical (unpaired) electrons. The molecule has 0 bridgehead atoms. The number of thioether (sulfide) groups is 1. The molecule has 0 aliphatic carbocycles. The van der Waals surface area contributed by atoms with Gasteiger partial charge in [-0.25, -0.2) is 8.42 Å². The van der Waals surface area contributed by atoms with Crippen LogP contribution >= 0.6 is 11.8 Å². The van der Waals surface area contributed by atoms with Crippen LogP contribution in [0.1, 0.15) is 6.92 Å². The molecule has 1 saturated heterocycles. The Morgan fingerprint density at radius 2 is 2.00 bits per heavy atom. The number of sulfonamides is 1. The summed E-state index contributed by atoms with van der Waals surface area (Å²) >= 11 is 1.82. The Hall–Kier alpha value is -0.720. The first kappa shape index (κ1) is 13.7. The lowest BCUT2D eigenvalue weighted by Gasteiger charge is -2.29. The van der Waals surface area contributed by atoms with Gasteiger partial charge in [-0.05, 0) is 24.3 Å². The zero-order valence-electron chi connectivity index (χ0n) is 10.6. The molecular weight excluding hydrogens is 268 g/mol. The number of rotatable bonds is 3. The van der Waals surface area contributed by atoms with Gasteiger partial charge in [-0.1, -0.05) is 6.92 Å². The molecular formula is C12H18N2O2S2. The molecule has 0 spiro atoms. The molecule has 1 aromatic rings. The van der Waals surface area contributed by atoms with E-state index in [1.54, 1.807) is 28.6 Å². The van der Waals surface area contributed by atoms with Crippen molar-refractivity contribution >= 4 is 27.5 Å². The summed E-state index contributed by atoms with van der Waals surface area (Å²) in [5.41, 5.74) is 0.913. The quantitative estimate of drug-likeness (QED) is 0.921. The highest BCUT2D eigenvalue weighted by Crippen LogP contribution is 2.24. The van der Waals surface area contributed by atoms with Gasteiger partial charge in [0.15, 0.2) is 0 Å². The van der Waals surface area contributed by atoms with Crippen molar-refractivity contribution in [3.8, 4) is 0 Å². The zero-order valence-corrected chi connectivity index (χ0v) is 12.2. The molecule has 1 N–H and O–H groups in total. The number of nitrogens with one attached hydrogen (secondary N) is 1. The van der Waals surface area contributed by atoms with Gasteiger partial charge in [0, 0.05) is 36.8 Å². The topological polar surface area (TPSA) is 49.4 Å². The van der Waals surface area contributed by atoms with Gasteiger partial charge in [0.1, 0.15) is 0 Å². The standard InChI is InChI=1S/C12H18N2O2S2/c1-10-9-14(7-8-17-10)18(15,16)12-5-3-11(13-2)4-6-12/h3-6,10,13H,7-9H2,1-2H3. The normalized spacial score (nSPS) is 21.8. The molecule has 2 rings (SSSR count). The SMILES string of the molecule is CNc1ccc(S(=O)(=O)N2CCSC(C)C2)cc1. The largest absolute Gasteiger partial charge is 0.388 e. The van der Waals surface area contributed by atoms with E-state index in [1.165, 1.54) is 0 Å². The molecule has 1 atom stereocenters. The Morgan fingerprint density at radius 3 is 2.56 bits per heavy atom. The van der Waals surface area contributed by atoms with Crippen molar-refractivity contribution in [3.05, 3.63) is 24.3 Å². The van der Waals surface area contributed by atoms with E-state index < -0.39 is 10.0 Å². The van der Waals surface area contributed by atoms with Gasteiger partial charge < -0.3 is 5.32 Å². The van der Waals surface area contributed by atoms with Crippen molar-refractivity contribution in [2.24, 2.45) is 0 Å². The molecule has 18 heavy (non-hydrogen) atoms. The fourth-order valence-corrected chi connectivity index (χ4v) is 4.70. The predicted molar refractivity (Wildman–Crippen MR) is 76.7 cm³/mol. The Labute approximate surface area is 113 Å². The highest BCUT2D eigenvalue weighted by atomic mass is 32.2. The average molecular weight is 286 g/mol. The summed E-state index contributed by atoms with van der Waals surface area (Å²) in [5.74, 6) is 0.870. The summed E-state index contributed by atoms with van der Waals surface area (Å²) in [4.78, 5) is 0.376. The van der Waals surface area contributed by atoms with Gasteiger partial charge in [-0.15, -0.1) is 0 Å². The molecule has 1 aliphatic heterocycles. The van der Waals surface area contributed by atoms with Crippen molar-refractivity contribution in [1.29, 1.82) is 0 Å². The van der Waals surface area contributed by atoms with Crippen LogP contribution in [0.5, 0.6) is 0 Å². The molecule has 6 heteroatoms. The molecule has 1 heterocycles. The minimum atomic E-state index is -3.33. The second-order valence-corrected chi connectivity index (χ2v) is 7.80. The maximum atomic E-state index is 12.4. The van der Waals surface area contributed by atoms with Gasteiger partial charge in [0.05, 0.1) is 4.90 Å². The Balaban J connectivity index is 2.23. The van der Waals surface area contributed by atoms with E-state index in [-0.39, 0.29) is 0 Å². The lowest BCUT2D eigenvalue weighted by atomic mass is 10.3. The van der Waals surface area contributed by atoms with Crippen molar-refractivity contribution < 1.29 is 8.42 Å². The van der Waals surface area contributed by atoms with Crippen LogP contribution in [0.2, 0.25) is 0 Å². The first-order chi connectivity index (χ1) is 8.54. The van der Waals surface area contributed by atoms with E-state index >= 15 is 0 Å². The lowest BCUT2D eigenvalue weighted by molar-refractivity contribution is 0.424. The minimum Gasteiger partial charge on any atom is -0.388 e. The molecule has 0 amide bonds. The van der Waals surface area contributed by atoms with Crippen molar-refractivity contribution in [2.45, 2.75) is 17.1 Å². The number of nitrogens with zero attached hydrogens (tertiary/aromatic N) is 1. The summed E-state index contributed by atoms with van der Waals surface area (Å²) in [6, 6.07) is 6.89. The molecule has 0 aromatic heterocycles. The van der Waals surface area contributed by atoms with E-state index in [1.807, 2.05) is 18.8 Å². The van der Waals surface area contributed by atoms with E-state index in [0.29, 0.717) is 23.2 Å². The fraction of sp³-hybridized carbons (Fsp3) is 0.500. The minimum absolute atomic E-state index is 0.366. The highest BCUT2D eigenvalue weighted by molar-refractivity contribution is 8.00. The van der Waals surface area contributed by atoms with Gasteiger partial charge in [-0.3, -0.25) is 0 Å². The first-order valence-corrected chi connectivity index (χ1v) is 8.42. The van der Waals surface area contributed by atoms with Crippen molar-refractivity contribution in [3.63, 3.8) is 0 Å². The molecule has 1 unspecified atom stereocenters. The van der Waals surface area contributed by atoms with E-state index in [9.17, 15) is 8.42 Å². The van der Waals surface area contributed by atoms with Crippen LogP contribution in [-0.2, 0) is 10.0 Å². The Morgan fingerprint density at radius 1 is 1.33 bits per heavy atom. The molecule has 0 saturated carbocycles. The molecule has 1 aromatic carbocycles. The second kappa shape index (κ2) is 5.50. The van der Waals surface area contributed by atoms with Crippen LogP contribution in [0.25, 0.3) is 0 Å². The fourth-order valence-electron chi connectivity index (χ4n) is 1.95. The Bertz CT molecular complexity index is 499. The predicted octanol–water partition coefficient (Wildman–Crippen LogP) is 1.85. The lowest BCUT2D eigenvalue weighted by Crippen LogP contribution is -2.40. The monoisotopic (exact) mass is 286 g/mol. The zero-order chi connectivity index (χ0) is 13.2. The molecule has 100 valence electrons. The third-order valence-corrected chi connectivity index (χ3v) is 6.00. The van der Waals surface area contributed by atoms with Crippen molar-refractivity contribution in [2.75, 3.05) is 31.2 Å². The van der Waals surface area contributed by atoms with Crippen LogP contribution in [-0.4, -0.2) is 43.9 Å². The summed E-state index contributed by atoms with van der Waals surface area (Å²) in [7, 11) is -1.52. The maximum Gasteiger partial charge on any atom is 0.243 e. The van der Waals surface area contributed by atoms with E-state index in [0.717, 1.165) is 11.4 Å². The van der Waals surface area contributed by atoms with Crippen LogP contribution in [0.4, 0.5) is 5.69 Å². The van der Waals surface area contributed by atoms with Crippen LogP contribution in [0.15, 0.2) is 29.2 Å². The van der Waals surface area contributed by atoms with Gasteiger partial charge in [0.25, 0.3) is 0 Å². The van der Waals surface area contributed by atoms with Gasteiger partial charge in [-0.2, -0.15) is 16.1 Å². The van der Waals surface area contributed by atoms with Crippen LogP contribution in [0, 0.1) is 0 Å². The number of anilines is 1. The maximum absolute atomic E-state index is 12.4. The van der Waals surface area contributed by atoms with Gasteiger partial charge >= 0.3 is 0 Å². The first-order valence-electron chi connectivity index (χ1n) is 5.93. The van der Waals surface area contributed by atoms with Crippen LogP contribution < -0.4 is 5.32 Å².